The van der Waals surface area contributed by atoms with Crippen LogP contribution in [0.4, 0.5) is 11.4 Å². The van der Waals surface area contributed by atoms with E-state index < -0.39 is 22.3 Å². The smallest absolute Gasteiger partial charge is 0.311 e. The minimum atomic E-state index is -0.729. The number of carbonyl (C=O) groups is 1. The number of nitro groups is 1. The van der Waals surface area contributed by atoms with E-state index in [1.165, 1.54) is 6.07 Å². The summed E-state index contributed by atoms with van der Waals surface area (Å²) in [6.45, 7) is 0.301. The standard InChI is InChI=1S/C16H17N3O4/c1-18(2)13-5-3-4-11(8-13)10-17-16(21)12-6-7-15(20)14(9-12)19(22)23/h3-9,20H,10H2,1-2H3,(H,17,21). The van der Waals surface area contributed by atoms with Crippen LogP contribution in [0.2, 0.25) is 0 Å². The van der Waals surface area contributed by atoms with Crippen molar-refractivity contribution in [3.63, 3.8) is 0 Å². The topological polar surface area (TPSA) is 95.7 Å². The summed E-state index contributed by atoms with van der Waals surface area (Å²) in [4.78, 5) is 24.1. The molecule has 2 N–H and O–H groups in total. The number of nitro benzene ring substituents is 1. The fourth-order valence-electron chi connectivity index (χ4n) is 2.04. The highest BCUT2D eigenvalue weighted by Gasteiger charge is 2.16. The first kappa shape index (κ1) is 16.3. The van der Waals surface area contributed by atoms with Crippen molar-refractivity contribution in [2.45, 2.75) is 6.54 Å². The first-order chi connectivity index (χ1) is 10.9. The highest BCUT2D eigenvalue weighted by atomic mass is 16.6. The highest BCUT2D eigenvalue weighted by Crippen LogP contribution is 2.26. The number of aromatic hydroxyl groups is 1. The van der Waals surface area contributed by atoms with E-state index in [9.17, 15) is 20.0 Å². The summed E-state index contributed by atoms with van der Waals surface area (Å²) in [7, 11) is 3.85. The fraction of sp³-hybridized carbons (Fsp3) is 0.188. The maximum Gasteiger partial charge on any atom is 0.311 e. The molecule has 0 saturated carbocycles. The molecule has 0 bridgehead atoms. The Kier molecular flexibility index (Phi) is 4.80. The molecule has 0 aliphatic carbocycles. The number of nitrogens with one attached hydrogen (secondary N) is 1. The Morgan fingerprint density at radius 1 is 1.26 bits per heavy atom. The number of carbonyl (C=O) groups excluding carboxylic acids is 1. The normalized spacial score (nSPS) is 10.2. The molecule has 0 aliphatic rings. The van der Waals surface area contributed by atoms with Gasteiger partial charge in [0.05, 0.1) is 4.92 Å². The molecule has 0 radical (unpaired) electrons. The van der Waals surface area contributed by atoms with Gasteiger partial charge in [-0.3, -0.25) is 14.9 Å². The number of hydrogen-bond donors (Lipinski definition) is 2. The molecule has 0 aromatic heterocycles. The Labute approximate surface area is 133 Å². The molecule has 1 amide bonds. The van der Waals surface area contributed by atoms with Crippen molar-refractivity contribution < 1.29 is 14.8 Å². The quantitative estimate of drug-likeness (QED) is 0.652. The zero-order valence-electron chi connectivity index (χ0n) is 12.8. The molecule has 120 valence electrons. The third kappa shape index (κ3) is 3.97. The van der Waals surface area contributed by atoms with E-state index in [0.717, 1.165) is 23.4 Å². The second kappa shape index (κ2) is 6.78. The van der Waals surface area contributed by atoms with Gasteiger partial charge in [0.1, 0.15) is 0 Å². The summed E-state index contributed by atoms with van der Waals surface area (Å²) >= 11 is 0. The van der Waals surface area contributed by atoms with E-state index >= 15 is 0 Å². The molecule has 0 saturated heterocycles. The molecule has 0 heterocycles. The number of phenolic OH excluding ortho intramolecular Hbond substituents is 1. The second-order valence-electron chi connectivity index (χ2n) is 5.21. The molecule has 0 aliphatic heterocycles. The minimum absolute atomic E-state index is 0.123. The first-order valence-electron chi connectivity index (χ1n) is 6.90. The van der Waals surface area contributed by atoms with E-state index in [4.69, 9.17) is 0 Å². The first-order valence-corrected chi connectivity index (χ1v) is 6.90. The van der Waals surface area contributed by atoms with E-state index in [2.05, 4.69) is 5.32 Å². The van der Waals surface area contributed by atoms with Crippen molar-refractivity contribution in [1.29, 1.82) is 0 Å². The second-order valence-corrected chi connectivity index (χ2v) is 5.21. The average Bonchev–Trinajstić information content (AvgIpc) is 2.53. The van der Waals surface area contributed by atoms with Crippen LogP contribution in [-0.4, -0.2) is 30.0 Å². The van der Waals surface area contributed by atoms with Crippen molar-refractivity contribution in [1.82, 2.24) is 5.32 Å². The molecule has 2 rings (SSSR count). The lowest BCUT2D eigenvalue weighted by molar-refractivity contribution is -0.385. The highest BCUT2D eigenvalue weighted by molar-refractivity contribution is 5.95. The van der Waals surface area contributed by atoms with Crippen molar-refractivity contribution in [3.05, 3.63) is 63.7 Å². The molecule has 2 aromatic rings. The van der Waals surface area contributed by atoms with Gasteiger partial charge in [-0.25, -0.2) is 0 Å². The zero-order chi connectivity index (χ0) is 17.0. The van der Waals surface area contributed by atoms with E-state index in [-0.39, 0.29) is 5.56 Å². The van der Waals surface area contributed by atoms with Crippen molar-refractivity contribution >= 4 is 17.3 Å². The average molecular weight is 315 g/mol. The Morgan fingerprint density at radius 2 is 2.00 bits per heavy atom. The van der Waals surface area contributed by atoms with E-state index in [1.807, 2.05) is 43.3 Å². The molecule has 7 heteroatoms. The van der Waals surface area contributed by atoms with Crippen LogP contribution in [0.1, 0.15) is 15.9 Å². The summed E-state index contributed by atoms with van der Waals surface area (Å²) in [5.74, 6) is -0.909. The summed E-state index contributed by atoms with van der Waals surface area (Å²) in [6, 6.07) is 11.2. The Hall–Kier alpha value is -3.09. The van der Waals surface area contributed by atoms with Crippen molar-refractivity contribution in [2.24, 2.45) is 0 Å². The van der Waals surface area contributed by atoms with E-state index in [1.54, 1.807) is 0 Å². The van der Waals surface area contributed by atoms with Gasteiger partial charge in [0.25, 0.3) is 5.91 Å². The predicted octanol–water partition coefficient (Wildman–Crippen LogP) is 2.30. The van der Waals surface area contributed by atoms with Gasteiger partial charge in [0.2, 0.25) is 0 Å². The SMILES string of the molecule is CN(C)c1cccc(CNC(=O)c2ccc(O)c([N+](=O)[O-])c2)c1. The number of hydrogen-bond acceptors (Lipinski definition) is 5. The molecule has 23 heavy (non-hydrogen) atoms. The lowest BCUT2D eigenvalue weighted by Crippen LogP contribution is -2.23. The van der Waals surface area contributed by atoms with Crippen molar-refractivity contribution in [3.8, 4) is 5.75 Å². The van der Waals surface area contributed by atoms with Gasteiger partial charge in [-0.05, 0) is 29.8 Å². The number of rotatable bonds is 5. The third-order valence-electron chi connectivity index (χ3n) is 3.31. The number of amides is 1. The fourth-order valence-corrected chi connectivity index (χ4v) is 2.04. The monoisotopic (exact) mass is 315 g/mol. The number of anilines is 1. The van der Waals surface area contributed by atoms with Crippen LogP contribution in [0.3, 0.4) is 0 Å². The van der Waals surface area contributed by atoms with Gasteiger partial charge in [-0.2, -0.15) is 0 Å². The molecule has 7 nitrogen and oxygen atoms in total. The van der Waals surface area contributed by atoms with Crippen LogP contribution < -0.4 is 10.2 Å². The third-order valence-corrected chi connectivity index (χ3v) is 3.31. The lowest BCUT2D eigenvalue weighted by Gasteiger charge is -2.14. The largest absolute Gasteiger partial charge is 0.502 e. The van der Waals surface area contributed by atoms with Crippen LogP contribution in [0.5, 0.6) is 5.75 Å². The lowest BCUT2D eigenvalue weighted by atomic mass is 10.1. The minimum Gasteiger partial charge on any atom is -0.502 e. The van der Waals surface area contributed by atoms with Crippen LogP contribution >= 0.6 is 0 Å². The molecular formula is C16H17N3O4. The summed E-state index contributed by atoms with van der Waals surface area (Å²) in [5.41, 5.74) is 1.56. The molecule has 0 fully saturated rings. The van der Waals surface area contributed by atoms with Gasteiger partial charge in [-0.15, -0.1) is 0 Å². The zero-order valence-corrected chi connectivity index (χ0v) is 12.8. The van der Waals surface area contributed by atoms with Gasteiger partial charge in [0, 0.05) is 38.0 Å². The number of phenols is 1. The van der Waals surface area contributed by atoms with Gasteiger partial charge < -0.3 is 15.3 Å². The maximum absolute atomic E-state index is 12.1. The summed E-state index contributed by atoms with van der Waals surface area (Å²) < 4.78 is 0. The molecular weight excluding hydrogens is 298 g/mol. The summed E-state index contributed by atoms with van der Waals surface area (Å²) in [5, 5.41) is 22.9. The van der Waals surface area contributed by atoms with E-state index in [0.29, 0.717) is 6.54 Å². The van der Waals surface area contributed by atoms with Gasteiger partial charge in [0.15, 0.2) is 5.75 Å². The predicted molar refractivity (Wildman–Crippen MR) is 86.7 cm³/mol. The van der Waals surface area contributed by atoms with Crippen LogP contribution in [-0.2, 0) is 6.54 Å². The summed E-state index contributed by atoms with van der Waals surface area (Å²) in [6.07, 6.45) is 0. The van der Waals surface area contributed by atoms with Gasteiger partial charge >= 0.3 is 5.69 Å². The maximum atomic E-state index is 12.1. The molecule has 0 atom stereocenters. The Balaban J connectivity index is 2.09. The van der Waals surface area contributed by atoms with Gasteiger partial charge in [-0.1, -0.05) is 12.1 Å². The van der Waals surface area contributed by atoms with Crippen molar-refractivity contribution in [2.75, 3.05) is 19.0 Å². The Bertz CT molecular complexity index is 744. The number of nitrogens with zero attached hydrogens (tertiary/aromatic N) is 2. The Morgan fingerprint density at radius 3 is 2.65 bits per heavy atom. The van der Waals surface area contributed by atoms with Crippen LogP contribution in [0.15, 0.2) is 42.5 Å². The number of benzene rings is 2. The van der Waals surface area contributed by atoms with Crippen LogP contribution in [0.25, 0.3) is 0 Å². The molecule has 2 aromatic carbocycles. The van der Waals surface area contributed by atoms with Crippen LogP contribution in [0, 0.1) is 10.1 Å². The molecule has 0 unspecified atom stereocenters. The molecule has 0 spiro atoms.